The second-order valence-corrected chi connectivity index (χ2v) is 5.34. The van der Waals surface area contributed by atoms with E-state index in [1.165, 1.54) is 5.56 Å². The van der Waals surface area contributed by atoms with E-state index in [1.54, 1.807) is 6.07 Å². The van der Waals surface area contributed by atoms with Crippen molar-refractivity contribution in [3.63, 3.8) is 0 Å². The van der Waals surface area contributed by atoms with Gasteiger partial charge in [0.15, 0.2) is 0 Å². The average Bonchev–Trinajstić information content (AvgIpc) is 2.98. The van der Waals surface area contributed by atoms with Gasteiger partial charge in [-0.1, -0.05) is 26.0 Å². The summed E-state index contributed by atoms with van der Waals surface area (Å²) in [6.07, 6.45) is 2.03. The summed E-state index contributed by atoms with van der Waals surface area (Å²) in [7, 11) is 0. The Bertz CT molecular complexity index is 392. The molecule has 2 heteroatoms. The summed E-state index contributed by atoms with van der Waals surface area (Å²) in [6.45, 7) is 6.24. The predicted octanol–water partition coefficient (Wildman–Crippen LogP) is 3.33. The first kappa shape index (κ1) is 11.6. The van der Waals surface area contributed by atoms with E-state index in [-0.39, 0.29) is 17.3 Å². The van der Waals surface area contributed by atoms with Crippen LogP contribution in [0.1, 0.15) is 50.7 Å². The van der Waals surface area contributed by atoms with Gasteiger partial charge in [0, 0.05) is 11.5 Å². The Labute approximate surface area is 96.9 Å². The summed E-state index contributed by atoms with van der Waals surface area (Å²) in [5.74, 6) is 0.336. The van der Waals surface area contributed by atoms with Crippen molar-refractivity contribution in [2.45, 2.75) is 51.0 Å². The molecule has 0 spiro atoms. The number of hydrogen-bond donors (Lipinski definition) is 1. The third kappa shape index (κ3) is 1.75. The first-order valence-electron chi connectivity index (χ1n) is 6.03. The van der Waals surface area contributed by atoms with Gasteiger partial charge in [0.1, 0.15) is 5.82 Å². The van der Waals surface area contributed by atoms with Crippen LogP contribution >= 0.6 is 0 Å². The van der Waals surface area contributed by atoms with E-state index in [0.717, 1.165) is 18.4 Å². The Hall–Kier alpha value is -0.890. The van der Waals surface area contributed by atoms with Crippen molar-refractivity contribution in [3.8, 4) is 0 Å². The highest BCUT2D eigenvalue weighted by Crippen LogP contribution is 2.51. The number of benzene rings is 1. The largest absolute Gasteiger partial charge is 0.327 e. The van der Waals surface area contributed by atoms with Gasteiger partial charge < -0.3 is 5.73 Å². The van der Waals surface area contributed by atoms with E-state index in [9.17, 15) is 4.39 Å². The minimum atomic E-state index is -0.0980. The monoisotopic (exact) mass is 221 g/mol. The second-order valence-electron chi connectivity index (χ2n) is 5.34. The molecular weight excluding hydrogens is 201 g/mol. The van der Waals surface area contributed by atoms with Crippen LogP contribution in [0.25, 0.3) is 0 Å². The lowest BCUT2D eigenvalue weighted by molar-refractivity contribution is 0.510. The molecule has 0 saturated heterocycles. The fourth-order valence-electron chi connectivity index (χ4n) is 2.39. The molecule has 1 aromatic rings. The van der Waals surface area contributed by atoms with Crippen LogP contribution in [-0.2, 0) is 5.41 Å². The van der Waals surface area contributed by atoms with E-state index in [2.05, 4.69) is 13.8 Å². The maximum atomic E-state index is 13.9. The number of rotatable bonds is 3. The molecule has 1 saturated carbocycles. The van der Waals surface area contributed by atoms with Crippen molar-refractivity contribution < 1.29 is 4.39 Å². The molecule has 88 valence electrons. The van der Waals surface area contributed by atoms with Crippen molar-refractivity contribution in [2.75, 3.05) is 0 Å². The quantitative estimate of drug-likeness (QED) is 0.832. The lowest BCUT2D eigenvalue weighted by atomic mass is 9.86. The molecule has 1 aliphatic carbocycles. The highest BCUT2D eigenvalue weighted by atomic mass is 19.1. The highest BCUT2D eigenvalue weighted by Gasteiger charge is 2.49. The lowest BCUT2D eigenvalue weighted by Crippen LogP contribution is -2.32. The molecule has 16 heavy (non-hydrogen) atoms. The molecule has 0 amide bonds. The van der Waals surface area contributed by atoms with Crippen LogP contribution in [0.5, 0.6) is 0 Å². The van der Waals surface area contributed by atoms with Crippen LogP contribution in [0.3, 0.4) is 0 Å². The molecule has 2 rings (SSSR count). The first-order valence-corrected chi connectivity index (χ1v) is 6.03. The van der Waals surface area contributed by atoms with Crippen molar-refractivity contribution in [2.24, 2.45) is 5.73 Å². The summed E-state index contributed by atoms with van der Waals surface area (Å²) in [4.78, 5) is 0. The van der Waals surface area contributed by atoms with E-state index < -0.39 is 0 Å². The van der Waals surface area contributed by atoms with Gasteiger partial charge in [0.2, 0.25) is 0 Å². The number of halogens is 1. The summed E-state index contributed by atoms with van der Waals surface area (Å²) in [6, 6.07) is 5.51. The molecule has 0 bridgehead atoms. The van der Waals surface area contributed by atoms with Crippen LogP contribution in [-0.4, -0.2) is 6.04 Å². The minimum absolute atomic E-state index is 0.0319. The van der Waals surface area contributed by atoms with Crippen LogP contribution in [0.2, 0.25) is 0 Å². The predicted molar refractivity (Wildman–Crippen MR) is 65.1 cm³/mol. The molecule has 1 nitrogen and oxygen atoms in total. The van der Waals surface area contributed by atoms with Crippen molar-refractivity contribution in [1.82, 2.24) is 0 Å². The smallest absolute Gasteiger partial charge is 0.127 e. The molecule has 0 aromatic heterocycles. The van der Waals surface area contributed by atoms with Gasteiger partial charge in [-0.3, -0.25) is 0 Å². The maximum absolute atomic E-state index is 13.9. The van der Waals surface area contributed by atoms with Gasteiger partial charge in [0.25, 0.3) is 0 Å². The van der Waals surface area contributed by atoms with Crippen molar-refractivity contribution in [3.05, 3.63) is 35.1 Å². The Kier molecular flexibility index (Phi) is 2.79. The number of hydrogen-bond acceptors (Lipinski definition) is 1. The fraction of sp³-hybridized carbons (Fsp3) is 0.571. The second kappa shape index (κ2) is 3.85. The highest BCUT2D eigenvalue weighted by molar-refractivity contribution is 5.38. The Morgan fingerprint density at radius 1 is 1.25 bits per heavy atom. The van der Waals surface area contributed by atoms with Crippen molar-refractivity contribution >= 4 is 0 Å². The Balaban J connectivity index is 2.44. The fourth-order valence-corrected chi connectivity index (χ4v) is 2.39. The SMILES string of the molecule is CC(C)c1ccc(F)c(C2(C(C)N)CC2)c1. The molecule has 0 aliphatic heterocycles. The minimum Gasteiger partial charge on any atom is -0.327 e. The topological polar surface area (TPSA) is 26.0 Å². The Morgan fingerprint density at radius 2 is 1.88 bits per heavy atom. The molecule has 2 N–H and O–H groups in total. The maximum Gasteiger partial charge on any atom is 0.127 e. The molecule has 0 radical (unpaired) electrons. The Morgan fingerprint density at radius 3 is 2.31 bits per heavy atom. The van der Waals surface area contributed by atoms with Crippen LogP contribution < -0.4 is 5.73 Å². The third-order valence-corrected chi connectivity index (χ3v) is 3.85. The zero-order valence-corrected chi connectivity index (χ0v) is 10.3. The number of nitrogens with two attached hydrogens (primary N) is 1. The van der Waals surface area contributed by atoms with Gasteiger partial charge in [-0.15, -0.1) is 0 Å². The van der Waals surface area contributed by atoms with E-state index in [1.807, 2.05) is 19.1 Å². The van der Waals surface area contributed by atoms with E-state index in [0.29, 0.717) is 5.92 Å². The van der Waals surface area contributed by atoms with Crippen LogP contribution in [0.4, 0.5) is 4.39 Å². The average molecular weight is 221 g/mol. The molecule has 1 atom stereocenters. The molecule has 1 aromatic carbocycles. The molecule has 1 fully saturated rings. The third-order valence-electron chi connectivity index (χ3n) is 3.85. The van der Waals surface area contributed by atoms with E-state index in [4.69, 9.17) is 5.73 Å². The van der Waals surface area contributed by atoms with Gasteiger partial charge in [0.05, 0.1) is 0 Å². The molecule has 1 aliphatic rings. The molecule has 1 unspecified atom stereocenters. The molecular formula is C14H20FN. The van der Waals surface area contributed by atoms with Crippen LogP contribution in [0, 0.1) is 5.82 Å². The summed E-state index contributed by atoms with van der Waals surface area (Å²) in [5.41, 5.74) is 7.93. The van der Waals surface area contributed by atoms with Gasteiger partial charge in [-0.05, 0) is 42.9 Å². The standard InChI is InChI=1S/C14H20FN/c1-9(2)11-4-5-13(15)12(8-11)14(6-7-14)10(3)16/h4-5,8-10H,6-7,16H2,1-3H3. The normalized spacial score (nSPS) is 19.9. The summed E-state index contributed by atoms with van der Waals surface area (Å²) in [5, 5.41) is 0. The first-order chi connectivity index (χ1) is 7.47. The van der Waals surface area contributed by atoms with Gasteiger partial charge in [-0.25, -0.2) is 4.39 Å². The summed E-state index contributed by atoms with van der Waals surface area (Å²) >= 11 is 0. The zero-order valence-electron chi connectivity index (χ0n) is 10.3. The molecule has 0 heterocycles. The van der Waals surface area contributed by atoms with Gasteiger partial charge >= 0.3 is 0 Å². The van der Waals surface area contributed by atoms with Crippen LogP contribution in [0.15, 0.2) is 18.2 Å². The summed E-state index contributed by atoms with van der Waals surface area (Å²) < 4.78 is 13.9. The van der Waals surface area contributed by atoms with Gasteiger partial charge in [-0.2, -0.15) is 0 Å². The van der Waals surface area contributed by atoms with Crippen molar-refractivity contribution in [1.29, 1.82) is 0 Å². The lowest BCUT2D eigenvalue weighted by Gasteiger charge is -2.22. The zero-order chi connectivity index (χ0) is 11.9. The van der Waals surface area contributed by atoms with E-state index >= 15 is 0 Å².